The first kappa shape index (κ1) is 18.7. The Morgan fingerprint density at radius 3 is 2.77 bits per heavy atom. The zero-order valence-electron chi connectivity index (χ0n) is 14.8. The number of rotatable bonds is 8. The van der Waals surface area contributed by atoms with Gasteiger partial charge in [-0.25, -0.2) is 0 Å². The van der Waals surface area contributed by atoms with Crippen LogP contribution in [0.1, 0.15) is 25.3 Å². The lowest BCUT2D eigenvalue weighted by molar-refractivity contribution is -0.131. The number of carbonyl (C=O) groups excluding carboxylic acids is 1. The van der Waals surface area contributed by atoms with Crippen LogP contribution >= 0.6 is 23.1 Å². The standard InChI is InChI=1S/C19H21N3O2S2/c1-3-22(12-17-20-18(21-24-17)16-10-7-11-25-16)19(23)14(2)26-13-15-8-5-4-6-9-15/h4-11,14H,3,12-13H2,1-2H3. The Morgan fingerprint density at radius 2 is 2.08 bits per heavy atom. The first-order valence-corrected chi connectivity index (χ1v) is 10.4. The van der Waals surface area contributed by atoms with E-state index in [4.69, 9.17) is 4.52 Å². The van der Waals surface area contributed by atoms with Crippen LogP contribution in [0.25, 0.3) is 10.7 Å². The minimum absolute atomic E-state index is 0.0873. The molecule has 0 radical (unpaired) electrons. The van der Waals surface area contributed by atoms with Crippen LogP contribution in [0, 0.1) is 0 Å². The van der Waals surface area contributed by atoms with Crippen molar-refractivity contribution in [3.05, 3.63) is 59.3 Å². The number of amides is 1. The fraction of sp³-hybridized carbons (Fsp3) is 0.316. The number of aromatic nitrogens is 2. The van der Waals surface area contributed by atoms with Crippen LogP contribution in [-0.2, 0) is 17.1 Å². The zero-order chi connectivity index (χ0) is 18.4. The molecule has 1 amide bonds. The van der Waals surface area contributed by atoms with Gasteiger partial charge in [-0.1, -0.05) is 41.6 Å². The molecule has 26 heavy (non-hydrogen) atoms. The van der Waals surface area contributed by atoms with Gasteiger partial charge in [0.05, 0.1) is 10.1 Å². The van der Waals surface area contributed by atoms with Gasteiger partial charge >= 0.3 is 0 Å². The maximum atomic E-state index is 12.8. The van der Waals surface area contributed by atoms with E-state index in [-0.39, 0.29) is 11.2 Å². The van der Waals surface area contributed by atoms with Crippen molar-refractivity contribution in [3.8, 4) is 10.7 Å². The largest absolute Gasteiger partial charge is 0.337 e. The molecule has 2 heterocycles. The first-order chi connectivity index (χ1) is 12.7. The molecule has 136 valence electrons. The third-order valence-electron chi connectivity index (χ3n) is 3.92. The van der Waals surface area contributed by atoms with Crippen LogP contribution in [0.15, 0.2) is 52.4 Å². The molecule has 2 aromatic heterocycles. The molecule has 1 aromatic carbocycles. The summed E-state index contributed by atoms with van der Waals surface area (Å²) < 4.78 is 5.32. The van der Waals surface area contributed by atoms with Crippen molar-refractivity contribution in [2.45, 2.75) is 31.4 Å². The number of thiophene rings is 1. The monoisotopic (exact) mass is 387 g/mol. The number of carbonyl (C=O) groups is 1. The lowest BCUT2D eigenvalue weighted by Crippen LogP contribution is -2.36. The Labute approximate surface area is 161 Å². The van der Waals surface area contributed by atoms with Crippen LogP contribution < -0.4 is 0 Å². The summed E-state index contributed by atoms with van der Waals surface area (Å²) in [5.74, 6) is 1.94. The van der Waals surface area contributed by atoms with Crippen LogP contribution in [0.4, 0.5) is 0 Å². The highest BCUT2D eigenvalue weighted by Gasteiger charge is 2.22. The van der Waals surface area contributed by atoms with Gasteiger partial charge in [-0.3, -0.25) is 4.79 Å². The van der Waals surface area contributed by atoms with E-state index in [1.54, 1.807) is 28.0 Å². The first-order valence-electron chi connectivity index (χ1n) is 8.48. The molecule has 1 atom stereocenters. The molecule has 0 aliphatic heterocycles. The van der Waals surface area contributed by atoms with E-state index < -0.39 is 0 Å². The Balaban J connectivity index is 1.58. The maximum absolute atomic E-state index is 12.8. The molecule has 3 aromatic rings. The van der Waals surface area contributed by atoms with Gasteiger partial charge in [0.2, 0.25) is 17.6 Å². The molecule has 3 rings (SSSR count). The summed E-state index contributed by atoms with van der Waals surface area (Å²) in [4.78, 5) is 19.9. The van der Waals surface area contributed by atoms with Crippen molar-refractivity contribution < 1.29 is 9.32 Å². The average molecular weight is 388 g/mol. The zero-order valence-corrected chi connectivity index (χ0v) is 16.4. The molecule has 0 aliphatic rings. The molecular weight excluding hydrogens is 366 g/mol. The summed E-state index contributed by atoms with van der Waals surface area (Å²) in [6.45, 7) is 4.85. The van der Waals surface area contributed by atoms with E-state index in [2.05, 4.69) is 22.3 Å². The van der Waals surface area contributed by atoms with E-state index in [0.717, 1.165) is 10.6 Å². The molecular formula is C19H21N3O2S2. The molecule has 0 spiro atoms. The van der Waals surface area contributed by atoms with Crippen molar-refractivity contribution in [2.75, 3.05) is 6.54 Å². The predicted octanol–water partition coefficient (Wildman–Crippen LogP) is 4.47. The molecule has 0 aliphatic carbocycles. The highest BCUT2D eigenvalue weighted by atomic mass is 32.2. The van der Waals surface area contributed by atoms with Gasteiger partial charge in [0.15, 0.2) is 0 Å². The highest BCUT2D eigenvalue weighted by molar-refractivity contribution is 7.99. The fourth-order valence-corrected chi connectivity index (χ4v) is 4.03. The SMILES string of the molecule is CCN(Cc1nc(-c2cccs2)no1)C(=O)C(C)SCc1ccccc1. The number of hydrogen-bond acceptors (Lipinski definition) is 6. The summed E-state index contributed by atoms with van der Waals surface area (Å²) in [6.07, 6.45) is 0. The van der Waals surface area contributed by atoms with Gasteiger partial charge in [-0.15, -0.1) is 23.1 Å². The number of nitrogens with zero attached hydrogens (tertiary/aromatic N) is 3. The quantitative estimate of drug-likeness (QED) is 0.571. The molecule has 7 heteroatoms. The van der Waals surface area contributed by atoms with E-state index in [9.17, 15) is 4.79 Å². The lowest BCUT2D eigenvalue weighted by Gasteiger charge is -2.22. The summed E-state index contributed by atoms with van der Waals surface area (Å²) >= 11 is 3.20. The number of hydrogen-bond donors (Lipinski definition) is 0. The van der Waals surface area contributed by atoms with Crippen molar-refractivity contribution in [3.63, 3.8) is 0 Å². The molecule has 0 bridgehead atoms. The maximum Gasteiger partial charge on any atom is 0.246 e. The van der Waals surface area contributed by atoms with Crippen LogP contribution in [0.2, 0.25) is 0 Å². The third-order valence-corrected chi connectivity index (χ3v) is 5.99. The van der Waals surface area contributed by atoms with Crippen molar-refractivity contribution in [1.82, 2.24) is 15.0 Å². The van der Waals surface area contributed by atoms with Crippen molar-refractivity contribution in [2.24, 2.45) is 0 Å². The van der Waals surface area contributed by atoms with Crippen molar-refractivity contribution in [1.29, 1.82) is 0 Å². The molecule has 1 unspecified atom stereocenters. The van der Waals surface area contributed by atoms with Gasteiger partial charge in [0.25, 0.3) is 0 Å². The second-order valence-electron chi connectivity index (χ2n) is 5.78. The number of thioether (sulfide) groups is 1. The Morgan fingerprint density at radius 1 is 1.27 bits per heavy atom. The Hall–Kier alpha value is -2.12. The van der Waals surface area contributed by atoms with E-state index in [1.165, 1.54) is 5.56 Å². The molecule has 0 saturated carbocycles. The minimum atomic E-state index is -0.130. The lowest BCUT2D eigenvalue weighted by atomic mass is 10.2. The van der Waals surface area contributed by atoms with Crippen LogP contribution in [0.3, 0.4) is 0 Å². The molecule has 0 saturated heterocycles. The smallest absolute Gasteiger partial charge is 0.246 e. The van der Waals surface area contributed by atoms with Gasteiger partial charge < -0.3 is 9.42 Å². The normalized spacial score (nSPS) is 12.1. The fourth-order valence-electron chi connectivity index (χ4n) is 2.46. The van der Waals surface area contributed by atoms with E-state index in [1.807, 2.05) is 49.6 Å². The minimum Gasteiger partial charge on any atom is -0.337 e. The summed E-state index contributed by atoms with van der Waals surface area (Å²) in [6, 6.07) is 14.1. The van der Waals surface area contributed by atoms with Crippen molar-refractivity contribution >= 4 is 29.0 Å². The molecule has 0 N–H and O–H groups in total. The Bertz CT molecular complexity index is 818. The second-order valence-corrected chi connectivity index (χ2v) is 8.06. The van der Waals surface area contributed by atoms with Gasteiger partial charge in [0, 0.05) is 12.3 Å². The molecule has 5 nitrogen and oxygen atoms in total. The highest BCUT2D eigenvalue weighted by Crippen LogP contribution is 2.23. The summed E-state index contributed by atoms with van der Waals surface area (Å²) in [5.41, 5.74) is 1.22. The van der Waals surface area contributed by atoms with Crippen LogP contribution in [0.5, 0.6) is 0 Å². The van der Waals surface area contributed by atoms with E-state index in [0.29, 0.717) is 24.8 Å². The topological polar surface area (TPSA) is 59.2 Å². The van der Waals surface area contributed by atoms with Gasteiger partial charge in [0.1, 0.15) is 6.54 Å². The van der Waals surface area contributed by atoms with Gasteiger partial charge in [-0.2, -0.15) is 4.98 Å². The van der Waals surface area contributed by atoms with E-state index >= 15 is 0 Å². The summed E-state index contributed by atoms with van der Waals surface area (Å²) in [5, 5.41) is 5.85. The average Bonchev–Trinajstić information content (AvgIpc) is 3.36. The second kappa shape index (κ2) is 9.00. The molecule has 0 fully saturated rings. The number of benzene rings is 1. The third kappa shape index (κ3) is 4.74. The van der Waals surface area contributed by atoms with Gasteiger partial charge in [-0.05, 0) is 30.9 Å². The van der Waals surface area contributed by atoms with Crippen LogP contribution in [-0.4, -0.2) is 32.7 Å². The Kier molecular flexibility index (Phi) is 6.46. The predicted molar refractivity (Wildman–Crippen MR) is 106 cm³/mol. The summed E-state index contributed by atoms with van der Waals surface area (Å²) in [7, 11) is 0.